The third-order valence-electron chi connectivity index (χ3n) is 6.42. The first-order chi connectivity index (χ1) is 18.1. The fraction of sp³-hybridized carbons (Fsp3) is 0.583. The Balaban J connectivity index is 1.70. The molecule has 212 valence electrons. The maximum absolute atomic E-state index is 12.6. The van der Waals surface area contributed by atoms with Gasteiger partial charge in [0.1, 0.15) is 24.4 Å². The van der Waals surface area contributed by atoms with Gasteiger partial charge < -0.3 is 59.4 Å². The number of rotatable bonds is 10. The molecule has 7 N–H and O–H groups in total. The summed E-state index contributed by atoms with van der Waals surface area (Å²) in [5.74, 6) is -4.25. The van der Waals surface area contributed by atoms with Crippen LogP contribution in [0.2, 0.25) is 0 Å². The minimum Gasteiger partial charge on any atom is -0.504 e. The lowest BCUT2D eigenvalue weighted by molar-refractivity contribution is -0.342. The quantitative estimate of drug-likeness (QED) is 0.125. The number of aliphatic hydroxyl groups is 5. The maximum Gasteiger partial charge on any atom is 0.337 e. The molecular formula is C24H32O14. The van der Waals surface area contributed by atoms with Crippen LogP contribution in [0.3, 0.4) is 0 Å². The number of carbonyl (C=O) groups is 2. The topological polar surface area (TPSA) is 222 Å². The first-order valence-electron chi connectivity index (χ1n) is 11.8. The van der Waals surface area contributed by atoms with Crippen molar-refractivity contribution in [1.82, 2.24) is 0 Å². The van der Waals surface area contributed by atoms with E-state index < -0.39 is 80.4 Å². The monoisotopic (exact) mass is 544 g/mol. The number of methoxy groups -OCH3 is 1. The van der Waals surface area contributed by atoms with Crippen molar-refractivity contribution in [1.29, 1.82) is 0 Å². The number of aliphatic hydroxyl groups excluding tert-OH is 5. The Hall–Kier alpha value is -2.98. The molecule has 1 aromatic rings. The third kappa shape index (κ3) is 6.71. The molecule has 0 radical (unpaired) electrons. The van der Waals surface area contributed by atoms with Crippen molar-refractivity contribution < 1.29 is 69.0 Å². The van der Waals surface area contributed by atoms with Crippen LogP contribution in [0, 0.1) is 11.8 Å². The molecule has 1 aromatic carbocycles. The van der Waals surface area contributed by atoms with Gasteiger partial charge in [-0.25, -0.2) is 4.79 Å². The van der Waals surface area contributed by atoms with Crippen LogP contribution in [0.15, 0.2) is 30.0 Å². The molecule has 0 saturated carbocycles. The largest absolute Gasteiger partial charge is 0.504 e. The molecule has 3 rings (SSSR count). The van der Waals surface area contributed by atoms with Crippen LogP contribution >= 0.6 is 0 Å². The van der Waals surface area contributed by atoms with Crippen LogP contribution in [0.1, 0.15) is 12.0 Å². The SMILES string of the molecule is COC(=O)C1=COC(OC2OC(CO)C(O)C(O)C2O)C(CO)C1CC(=O)OCCc1ccc(O)c(O)c1. The van der Waals surface area contributed by atoms with E-state index in [1.165, 1.54) is 12.1 Å². The van der Waals surface area contributed by atoms with Gasteiger partial charge in [0.2, 0.25) is 6.29 Å². The minimum atomic E-state index is -1.75. The second-order valence-corrected chi connectivity index (χ2v) is 8.85. The second kappa shape index (κ2) is 13.2. The summed E-state index contributed by atoms with van der Waals surface area (Å²) < 4.78 is 26.4. The fourth-order valence-electron chi connectivity index (χ4n) is 4.23. The van der Waals surface area contributed by atoms with Crippen LogP contribution in [0.25, 0.3) is 0 Å². The fourth-order valence-corrected chi connectivity index (χ4v) is 4.23. The predicted molar refractivity (Wildman–Crippen MR) is 123 cm³/mol. The molecule has 8 unspecified atom stereocenters. The van der Waals surface area contributed by atoms with Crippen molar-refractivity contribution in [2.75, 3.05) is 26.9 Å². The smallest absolute Gasteiger partial charge is 0.337 e. The Morgan fingerprint density at radius 3 is 2.34 bits per heavy atom. The van der Waals surface area contributed by atoms with Gasteiger partial charge in [-0.2, -0.15) is 0 Å². The van der Waals surface area contributed by atoms with Gasteiger partial charge in [0, 0.05) is 12.3 Å². The van der Waals surface area contributed by atoms with Crippen LogP contribution in [0.4, 0.5) is 0 Å². The molecule has 0 bridgehead atoms. The first kappa shape index (κ1) is 29.6. The predicted octanol–water partition coefficient (Wildman–Crippen LogP) is -1.97. The van der Waals surface area contributed by atoms with Crippen molar-refractivity contribution in [2.24, 2.45) is 11.8 Å². The highest BCUT2D eigenvalue weighted by Gasteiger charge is 2.48. The second-order valence-electron chi connectivity index (χ2n) is 8.85. The summed E-state index contributed by atoms with van der Waals surface area (Å²) in [4.78, 5) is 25.0. The summed E-state index contributed by atoms with van der Waals surface area (Å²) in [7, 11) is 1.12. The number of hydrogen-bond donors (Lipinski definition) is 7. The molecule has 14 heteroatoms. The van der Waals surface area contributed by atoms with Gasteiger partial charge in [-0.05, 0) is 17.7 Å². The van der Waals surface area contributed by atoms with Gasteiger partial charge in [-0.15, -0.1) is 0 Å². The zero-order valence-corrected chi connectivity index (χ0v) is 20.5. The highest BCUT2D eigenvalue weighted by Crippen LogP contribution is 2.36. The lowest BCUT2D eigenvalue weighted by Gasteiger charge is -2.43. The van der Waals surface area contributed by atoms with Crippen LogP contribution in [-0.4, -0.2) is 112 Å². The van der Waals surface area contributed by atoms with Crippen molar-refractivity contribution in [2.45, 2.75) is 49.8 Å². The van der Waals surface area contributed by atoms with Crippen molar-refractivity contribution in [3.05, 3.63) is 35.6 Å². The molecule has 1 saturated heterocycles. The zero-order chi connectivity index (χ0) is 28.0. The number of aromatic hydroxyl groups is 2. The molecule has 2 aliphatic rings. The Morgan fingerprint density at radius 1 is 0.974 bits per heavy atom. The summed E-state index contributed by atoms with van der Waals surface area (Å²) in [5.41, 5.74) is 0.510. The van der Waals surface area contributed by atoms with Gasteiger partial charge in [-0.1, -0.05) is 6.07 Å². The van der Waals surface area contributed by atoms with Gasteiger partial charge in [0.05, 0.1) is 51.1 Å². The van der Waals surface area contributed by atoms with Crippen LogP contribution < -0.4 is 0 Å². The van der Waals surface area contributed by atoms with E-state index in [0.717, 1.165) is 13.4 Å². The summed E-state index contributed by atoms with van der Waals surface area (Å²) >= 11 is 0. The van der Waals surface area contributed by atoms with E-state index in [1.54, 1.807) is 6.07 Å². The Labute approximate surface area is 217 Å². The Morgan fingerprint density at radius 2 is 1.71 bits per heavy atom. The molecule has 0 aromatic heterocycles. The van der Waals surface area contributed by atoms with Crippen LogP contribution in [0.5, 0.6) is 11.5 Å². The number of phenolic OH excluding ortho intramolecular Hbond substituents is 2. The van der Waals surface area contributed by atoms with E-state index in [1.807, 2.05) is 0 Å². The number of ether oxygens (including phenoxy) is 5. The normalized spacial score (nSPS) is 31.2. The van der Waals surface area contributed by atoms with E-state index in [4.69, 9.17) is 23.7 Å². The lowest BCUT2D eigenvalue weighted by atomic mass is 9.82. The van der Waals surface area contributed by atoms with E-state index in [2.05, 4.69) is 0 Å². The van der Waals surface area contributed by atoms with Crippen LogP contribution in [-0.2, 0) is 39.7 Å². The first-order valence-corrected chi connectivity index (χ1v) is 11.8. The number of esters is 2. The maximum atomic E-state index is 12.6. The van der Waals surface area contributed by atoms with Gasteiger partial charge in [-0.3, -0.25) is 4.79 Å². The zero-order valence-electron chi connectivity index (χ0n) is 20.5. The molecular weight excluding hydrogens is 512 g/mol. The highest BCUT2D eigenvalue weighted by atomic mass is 16.8. The van der Waals surface area contributed by atoms with E-state index >= 15 is 0 Å². The van der Waals surface area contributed by atoms with Gasteiger partial charge >= 0.3 is 11.9 Å². The average molecular weight is 545 g/mol. The molecule has 8 atom stereocenters. The number of benzene rings is 1. The standard InChI is InChI=1S/C24H32O14/c1-34-22(33)14-10-36-23(38-24-21(32)20(31)19(30)17(9-26)37-24)13(8-25)12(14)7-18(29)35-5-4-11-2-3-15(27)16(28)6-11/h2-3,6,10,12-13,17,19-21,23-28,30-32H,4-5,7-9H2,1H3. The Kier molecular flexibility index (Phi) is 10.3. The minimum absolute atomic E-state index is 0.0828. The van der Waals surface area contributed by atoms with Gasteiger partial charge in [0.25, 0.3) is 0 Å². The number of hydrogen-bond acceptors (Lipinski definition) is 14. The molecule has 0 aliphatic carbocycles. The highest BCUT2D eigenvalue weighted by molar-refractivity contribution is 5.89. The molecule has 0 spiro atoms. The molecule has 38 heavy (non-hydrogen) atoms. The van der Waals surface area contributed by atoms with E-state index in [0.29, 0.717) is 5.56 Å². The molecule has 0 amide bonds. The van der Waals surface area contributed by atoms with Crippen molar-refractivity contribution >= 4 is 11.9 Å². The molecule has 2 heterocycles. The van der Waals surface area contributed by atoms with E-state index in [-0.39, 0.29) is 30.1 Å². The summed E-state index contributed by atoms with van der Waals surface area (Å²) in [5, 5.41) is 68.7. The van der Waals surface area contributed by atoms with Crippen molar-refractivity contribution in [3.63, 3.8) is 0 Å². The molecule has 14 nitrogen and oxygen atoms in total. The summed E-state index contributed by atoms with van der Waals surface area (Å²) in [6, 6.07) is 4.16. The summed E-state index contributed by atoms with van der Waals surface area (Å²) in [6.45, 7) is -1.43. The molecule has 2 aliphatic heterocycles. The average Bonchev–Trinajstić information content (AvgIpc) is 2.90. The number of phenols is 2. The van der Waals surface area contributed by atoms with Gasteiger partial charge in [0.15, 0.2) is 17.8 Å². The molecule has 1 fully saturated rings. The van der Waals surface area contributed by atoms with E-state index in [9.17, 15) is 45.3 Å². The Bertz CT molecular complexity index is 994. The lowest BCUT2D eigenvalue weighted by Crippen LogP contribution is -2.60. The summed E-state index contributed by atoms with van der Waals surface area (Å²) in [6.07, 6.45) is -8.49. The van der Waals surface area contributed by atoms with Crippen molar-refractivity contribution in [3.8, 4) is 11.5 Å². The third-order valence-corrected chi connectivity index (χ3v) is 6.42. The number of carbonyl (C=O) groups excluding carboxylic acids is 2.